The highest BCUT2D eigenvalue weighted by Crippen LogP contribution is 1.98. The zero-order chi connectivity index (χ0) is 11.0. The number of rotatable bonds is 7. The van der Waals surface area contributed by atoms with Crippen LogP contribution >= 0.6 is 15.9 Å². The first kappa shape index (κ1) is 13.9. The van der Waals surface area contributed by atoms with Crippen LogP contribution in [-0.4, -0.2) is 42.8 Å². The summed E-state index contributed by atoms with van der Waals surface area (Å²) in [5.41, 5.74) is 0. The fourth-order valence-corrected chi connectivity index (χ4v) is 1.72. The molecule has 1 N–H and O–H groups in total. The van der Waals surface area contributed by atoms with E-state index < -0.39 is 0 Å². The van der Waals surface area contributed by atoms with Gasteiger partial charge in [0.1, 0.15) is 0 Å². The van der Waals surface area contributed by atoms with E-state index in [1.165, 1.54) is 0 Å². The molecular formula is C10H21BrN2O. The van der Waals surface area contributed by atoms with E-state index in [1.807, 2.05) is 21.0 Å². The number of hydrogen-bond donors (Lipinski definition) is 1. The standard InChI is InChI=1S/C10H21BrN2O/c1-9(8-13(2)3)12-10(14)6-4-5-7-11/h9H,4-8H2,1-3H3,(H,12,14). The van der Waals surface area contributed by atoms with Crippen molar-refractivity contribution in [1.29, 1.82) is 0 Å². The zero-order valence-corrected chi connectivity index (χ0v) is 10.9. The number of nitrogens with zero attached hydrogens (tertiary/aromatic N) is 1. The number of carbonyl (C=O) groups excluding carboxylic acids is 1. The molecule has 0 saturated heterocycles. The molecule has 0 rings (SSSR count). The van der Waals surface area contributed by atoms with Gasteiger partial charge in [-0.2, -0.15) is 0 Å². The highest BCUT2D eigenvalue weighted by molar-refractivity contribution is 9.09. The summed E-state index contributed by atoms with van der Waals surface area (Å²) in [7, 11) is 4.01. The first-order valence-corrected chi connectivity index (χ1v) is 6.18. The molecule has 3 nitrogen and oxygen atoms in total. The molecular weight excluding hydrogens is 244 g/mol. The van der Waals surface area contributed by atoms with E-state index in [4.69, 9.17) is 0 Å². The molecule has 84 valence electrons. The number of halogens is 1. The van der Waals surface area contributed by atoms with Gasteiger partial charge in [0, 0.05) is 24.3 Å². The fourth-order valence-electron chi connectivity index (χ4n) is 1.32. The Balaban J connectivity index is 3.50. The van der Waals surface area contributed by atoms with Gasteiger partial charge in [-0.1, -0.05) is 15.9 Å². The molecule has 0 saturated carbocycles. The van der Waals surface area contributed by atoms with Crippen molar-refractivity contribution in [3.05, 3.63) is 0 Å². The van der Waals surface area contributed by atoms with Gasteiger partial charge in [-0.05, 0) is 33.9 Å². The maximum atomic E-state index is 11.4. The van der Waals surface area contributed by atoms with E-state index in [2.05, 4.69) is 26.1 Å². The minimum atomic E-state index is 0.167. The van der Waals surface area contributed by atoms with E-state index >= 15 is 0 Å². The lowest BCUT2D eigenvalue weighted by molar-refractivity contribution is -0.121. The Hall–Kier alpha value is -0.0900. The molecule has 0 aromatic heterocycles. The second-order valence-electron chi connectivity index (χ2n) is 3.88. The highest BCUT2D eigenvalue weighted by Gasteiger charge is 2.07. The van der Waals surface area contributed by atoms with E-state index in [1.54, 1.807) is 0 Å². The van der Waals surface area contributed by atoms with Crippen LogP contribution < -0.4 is 5.32 Å². The first-order valence-electron chi connectivity index (χ1n) is 5.06. The molecule has 0 aliphatic carbocycles. The predicted octanol–water partition coefficient (Wildman–Crippen LogP) is 1.62. The zero-order valence-electron chi connectivity index (χ0n) is 9.35. The average Bonchev–Trinajstić information content (AvgIpc) is 2.02. The van der Waals surface area contributed by atoms with E-state index in [0.29, 0.717) is 6.42 Å². The summed E-state index contributed by atoms with van der Waals surface area (Å²) in [6.45, 7) is 2.92. The highest BCUT2D eigenvalue weighted by atomic mass is 79.9. The van der Waals surface area contributed by atoms with Gasteiger partial charge < -0.3 is 10.2 Å². The smallest absolute Gasteiger partial charge is 0.220 e. The number of likely N-dealkylation sites (N-methyl/N-ethyl adjacent to an activating group) is 1. The van der Waals surface area contributed by atoms with E-state index in [0.717, 1.165) is 24.7 Å². The van der Waals surface area contributed by atoms with Crippen LogP contribution in [0.5, 0.6) is 0 Å². The Kier molecular flexibility index (Phi) is 8.18. The average molecular weight is 265 g/mol. The summed E-state index contributed by atoms with van der Waals surface area (Å²) in [4.78, 5) is 13.4. The van der Waals surface area contributed by atoms with Gasteiger partial charge in [-0.3, -0.25) is 4.79 Å². The maximum Gasteiger partial charge on any atom is 0.220 e. The van der Waals surface area contributed by atoms with Crippen LogP contribution in [-0.2, 0) is 4.79 Å². The number of hydrogen-bond acceptors (Lipinski definition) is 2. The molecule has 0 radical (unpaired) electrons. The lowest BCUT2D eigenvalue weighted by atomic mass is 10.2. The normalized spacial score (nSPS) is 12.9. The third-order valence-corrected chi connectivity index (χ3v) is 2.39. The summed E-state index contributed by atoms with van der Waals surface area (Å²) >= 11 is 3.34. The van der Waals surface area contributed by atoms with Crippen LogP contribution in [0.15, 0.2) is 0 Å². The Morgan fingerprint density at radius 3 is 2.57 bits per heavy atom. The second kappa shape index (κ2) is 8.24. The van der Waals surface area contributed by atoms with Gasteiger partial charge in [0.25, 0.3) is 0 Å². The lowest BCUT2D eigenvalue weighted by Crippen LogP contribution is -2.39. The van der Waals surface area contributed by atoms with Crippen LogP contribution in [0.1, 0.15) is 26.2 Å². The first-order chi connectivity index (χ1) is 6.56. The SMILES string of the molecule is CC(CN(C)C)NC(=O)CCCCBr. The number of alkyl halides is 1. The van der Waals surface area contributed by atoms with Gasteiger partial charge in [-0.15, -0.1) is 0 Å². The molecule has 0 aliphatic heterocycles. The van der Waals surface area contributed by atoms with Crippen LogP contribution in [0.25, 0.3) is 0 Å². The summed E-state index contributed by atoms with van der Waals surface area (Å²) in [5.74, 6) is 0.167. The molecule has 1 unspecified atom stereocenters. The topological polar surface area (TPSA) is 32.3 Å². The number of carbonyl (C=O) groups is 1. The van der Waals surface area contributed by atoms with Crippen molar-refractivity contribution in [3.63, 3.8) is 0 Å². The van der Waals surface area contributed by atoms with Crippen LogP contribution in [0.2, 0.25) is 0 Å². The van der Waals surface area contributed by atoms with Crippen LogP contribution in [0, 0.1) is 0 Å². The quantitative estimate of drug-likeness (QED) is 0.560. The summed E-state index contributed by atoms with van der Waals surface area (Å²) in [6.07, 6.45) is 2.67. The fraction of sp³-hybridized carbons (Fsp3) is 0.900. The molecule has 0 bridgehead atoms. The van der Waals surface area contributed by atoms with E-state index in [9.17, 15) is 4.79 Å². The summed E-state index contributed by atoms with van der Waals surface area (Å²) in [5, 5.41) is 3.95. The van der Waals surface area contributed by atoms with Gasteiger partial charge in [0.2, 0.25) is 5.91 Å². The van der Waals surface area contributed by atoms with Gasteiger partial charge in [0.15, 0.2) is 0 Å². The molecule has 0 heterocycles. The van der Waals surface area contributed by atoms with Crippen LogP contribution in [0.4, 0.5) is 0 Å². The maximum absolute atomic E-state index is 11.4. The van der Waals surface area contributed by atoms with Crippen molar-refractivity contribution in [3.8, 4) is 0 Å². The molecule has 0 spiro atoms. The Labute approximate surface area is 95.4 Å². The van der Waals surface area contributed by atoms with Crippen molar-refractivity contribution in [2.24, 2.45) is 0 Å². The Bertz CT molecular complexity index is 162. The van der Waals surface area contributed by atoms with Gasteiger partial charge in [0.05, 0.1) is 0 Å². The Morgan fingerprint density at radius 1 is 1.43 bits per heavy atom. The number of amides is 1. The molecule has 0 aromatic carbocycles. The Morgan fingerprint density at radius 2 is 2.07 bits per heavy atom. The molecule has 0 aliphatic rings. The lowest BCUT2D eigenvalue weighted by Gasteiger charge is -2.18. The molecule has 0 aromatic rings. The predicted molar refractivity (Wildman–Crippen MR) is 63.8 cm³/mol. The third-order valence-electron chi connectivity index (χ3n) is 1.83. The van der Waals surface area contributed by atoms with Crippen molar-refractivity contribution in [2.75, 3.05) is 26.0 Å². The minimum Gasteiger partial charge on any atom is -0.352 e. The molecule has 4 heteroatoms. The minimum absolute atomic E-state index is 0.167. The van der Waals surface area contributed by atoms with Crippen molar-refractivity contribution < 1.29 is 4.79 Å². The monoisotopic (exact) mass is 264 g/mol. The number of nitrogens with one attached hydrogen (secondary N) is 1. The van der Waals surface area contributed by atoms with Crippen molar-refractivity contribution in [2.45, 2.75) is 32.2 Å². The van der Waals surface area contributed by atoms with Crippen molar-refractivity contribution >= 4 is 21.8 Å². The molecule has 0 fully saturated rings. The van der Waals surface area contributed by atoms with Gasteiger partial charge >= 0.3 is 0 Å². The van der Waals surface area contributed by atoms with Crippen LogP contribution in [0.3, 0.4) is 0 Å². The molecule has 1 amide bonds. The van der Waals surface area contributed by atoms with Gasteiger partial charge in [-0.25, -0.2) is 0 Å². The third kappa shape index (κ3) is 8.51. The van der Waals surface area contributed by atoms with E-state index in [-0.39, 0.29) is 11.9 Å². The molecule has 1 atom stereocenters. The molecule has 14 heavy (non-hydrogen) atoms. The number of unbranched alkanes of at least 4 members (excludes halogenated alkanes) is 1. The summed E-state index contributed by atoms with van der Waals surface area (Å²) in [6, 6.07) is 0.237. The largest absolute Gasteiger partial charge is 0.352 e. The summed E-state index contributed by atoms with van der Waals surface area (Å²) < 4.78 is 0. The van der Waals surface area contributed by atoms with Crippen molar-refractivity contribution in [1.82, 2.24) is 10.2 Å². The second-order valence-corrected chi connectivity index (χ2v) is 4.67.